The third-order valence-electron chi connectivity index (χ3n) is 3.02. The Labute approximate surface area is 105 Å². The maximum Gasteiger partial charge on any atom is 0.0701 e. The van der Waals surface area contributed by atoms with Gasteiger partial charge in [0, 0.05) is 25.2 Å². The van der Waals surface area contributed by atoms with Crippen LogP contribution in [0.15, 0.2) is 0 Å². The summed E-state index contributed by atoms with van der Waals surface area (Å²) < 4.78 is 16.5. The lowest BCUT2D eigenvalue weighted by atomic mass is 10.00. The smallest absolute Gasteiger partial charge is 0.0701 e. The van der Waals surface area contributed by atoms with Gasteiger partial charge in [-0.05, 0) is 19.4 Å². The lowest BCUT2D eigenvalue weighted by Gasteiger charge is -2.23. The summed E-state index contributed by atoms with van der Waals surface area (Å²) in [5.74, 6) is 0.603. The zero-order chi connectivity index (χ0) is 12.3. The number of nitrogens with one attached hydrogen (secondary N) is 1. The van der Waals surface area contributed by atoms with E-state index in [9.17, 15) is 0 Å². The van der Waals surface area contributed by atoms with Crippen LogP contribution in [0.4, 0.5) is 0 Å². The molecule has 1 fully saturated rings. The molecule has 1 saturated heterocycles. The number of likely N-dealkylation sites (N-methyl/N-ethyl adjacent to an activating group) is 1. The second kappa shape index (κ2) is 9.83. The van der Waals surface area contributed by atoms with Gasteiger partial charge in [0.25, 0.3) is 0 Å². The maximum absolute atomic E-state index is 5.66. The van der Waals surface area contributed by atoms with Crippen LogP contribution >= 0.6 is 0 Å². The summed E-state index contributed by atoms with van der Waals surface area (Å²) in [7, 11) is 0. The average molecular weight is 245 g/mol. The van der Waals surface area contributed by atoms with Crippen molar-refractivity contribution in [1.29, 1.82) is 0 Å². The van der Waals surface area contributed by atoms with E-state index in [0.717, 1.165) is 45.8 Å². The molecule has 0 aromatic heterocycles. The van der Waals surface area contributed by atoms with Crippen molar-refractivity contribution < 1.29 is 14.2 Å². The van der Waals surface area contributed by atoms with E-state index in [-0.39, 0.29) is 0 Å². The second-order valence-electron chi connectivity index (χ2n) is 4.48. The topological polar surface area (TPSA) is 39.7 Å². The summed E-state index contributed by atoms with van der Waals surface area (Å²) in [6, 6.07) is 0.425. The number of rotatable bonds is 10. The van der Waals surface area contributed by atoms with Gasteiger partial charge in [0.15, 0.2) is 0 Å². The van der Waals surface area contributed by atoms with Crippen molar-refractivity contribution in [3.8, 4) is 0 Å². The molecular formula is C13H27NO3. The summed E-state index contributed by atoms with van der Waals surface area (Å²) in [4.78, 5) is 0. The van der Waals surface area contributed by atoms with Gasteiger partial charge in [-0.1, -0.05) is 13.8 Å². The van der Waals surface area contributed by atoms with Crippen LogP contribution in [-0.2, 0) is 14.2 Å². The average Bonchev–Trinajstić information content (AvgIpc) is 2.86. The molecule has 1 N–H and O–H groups in total. The Morgan fingerprint density at radius 3 is 2.71 bits per heavy atom. The second-order valence-corrected chi connectivity index (χ2v) is 4.48. The minimum atomic E-state index is 0.425. The van der Waals surface area contributed by atoms with E-state index in [0.29, 0.717) is 25.2 Å². The van der Waals surface area contributed by atoms with Crippen molar-refractivity contribution in [3.05, 3.63) is 0 Å². The molecule has 0 saturated carbocycles. The van der Waals surface area contributed by atoms with E-state index in [1.54, 1.807) is 0 Å². The molecule has 0 aromatic carbocycles. The molecule has 1 aliphatic rings. The Kier molecular flexibility index (Phi) is 8.61. The molecule has 0 bridgehead atoms. The zero-order valence-electron chi connectivity index (χ0n) is 11.2. The molecule has 102 valence electrons. The molecular weight excluding hydrogens is 218 g/mol. The first-order valence-corrected chi connectivity index (χ1v) is 6.85. The van der Waals surface area contributed by atoms with Crippen molar-refractivity contribution in [2.75, 3.05) is 46.2 Å². The van der Waals surface area contributed by atoms with Crippen LogP contribution in [0.2, 0.25) is 0 Å². The quantitative estimate of drug-likeness (QED) is 0.591. The van der Waals surface area contributed by atoms with Gasteiger partial charge in [0.1, 0.15) is 0 Å². The van der Waals surface area contributed by atoms with Gasteiger partial charge < -0.3 is 19.5 Å². The Bertz CT molecular complexity index is 172. The zero-order valence-corrected chi connectivity index (χ0v) is 11.2. The van der Waals surface area contributed by atoms with Crippen molar-refractivity contribution in [2.45, 2.75) is 32.7 Å². The van der Waals surface area contributed by atoms with E-state index in [2.05, 4.69) is 19.2 Å². The largest absolute Gasteiger partial charge is 0.381 e. The molecule has 0 spiro atoms. The molecule has 4 heteroatoms. The monoisotopic (exact) mass is 245 g/mol. The SMILES string of the molecule is CCCOCCOCC(NCC)C1CCOC1. The standard InChI is InChI=1S/C13H27NO3/c1-3-6-15-8-9-17-11-13(14-4-2)12-5-7-16-10-12/h12-14H,3-11H2,1-2H3. The first-order valence-electron chi connectivity index (χ1n) is 6.85. The molecule has 0 aliphatic carbocycles. The van der Waals surface area contributed by atoms with Gasteiger partial charge >= 0.3 is 0 Å². The van der Waals surface area contributed by atoms with E-state index in [1.807, 2.05) is 0 Å². The molecule has 1 rings (SSSR count). The lowest BCUT2D eigenvalue weighted by molar-refractivity contribution is 0.0314. The summed E-state index contributed by atoms with van der Waals surface area (Å²) in [6.45, 7) is 9.98. The van der Waals surface area contributed by atoms with Crippen LogP contribution in [0.25, 0.3) is 0 Å². The van der Waals surface area contributed by atoms with Crippen LogP contribution in [-0.4, -0.2) is 52.2 Å². The molecule has 4 nitrogen and oxygen atoms in total. The van der Waals surface area contributed by atoms with Crippen molar-refractivity contribution in [1.82, 2.24) is 5.32 Å². The predicted octanol–water partition coefficient (Wildman–Crippen LogP) is 1.44. The van der Waals surface area contributed by atoms with E-state index >= 15 is 0 Å². The van der Waals surface area contributed by atoms with E-state index in [1.165, 1.54) is 0 Å². The molecule has 2 atom stereocenters. The number of hydrogen-bond acceptors (Lipinski definition) is 4. The van der Waals surface area contributed by atoms with Gasteiger partial charge in [-0.15, -0.1) is 0 Å². The Hall–Kier alpha value is -0.160. The fraction of sp³-hybridized carbons (Fsp3) is 1.00. The van der Waals surface area contributed by atoms with Crippen molar-refractivity contribution in [2.24, 2.45) is 5.92 Å². The highest BCUT2D eigenvalue weighted by atomic mass is 16.5. The fourth-order valence-corrected chi connectivity index (χ4v) is 2.07. The molecule has 17 heavy (non-hydrogen) atoms. The van der Waals surface area contributed by atoms with Gasteiger partial charge in [0.2, 0.25) is 0 Å². The highest BCUT2D eigenvalue weighted by molar-refractivity contribution is 4.78. The molecule has 0 amide bonds. The first kappa shape index (κ1) is 14.9. The Balaban J connectivity index is 2.07. The van der Waals surface area contributed by atoms with Gasteiger partial charge in [-0.3, -0.25) is 0 Å². The van der Waals surface area contributed by atoms with Crippen LogP contribution in [0.1, 0.15) is 26.7 Å². The van der Waals surface area contributed by atoms with E-state index in [4.69, 9.17) is 14.2 Å². The molecule has 1 heterocycles. The van der Waals surface area contributed by atoms with Gasteiger partial charge in [0.05, 0.1) is 26.4 Å². The Morgan fingerprint density at radius 1 is 1.24 bits per heavy atom. The maximum atomic E-state index is 5.66. The molecule has 1 aliphatic heterocycles. The van der Waals surface area contributed by atoms with Gasteiger partial charge in [-0.2, -0.15) is 0 Å². The normalized spacial score (nSPS) is 21.9. The molecule has 0 radical (unpaired) electrons. The van der Waals surface area contributed by atoms with E-state index < -0.39 is 0 Å². The predicted molar refractivity (Wildman–Crippen MR) is 68.3 cm³/mol. The summed E-state index contributed by atoms with van der Waals surface area (Å²) >= 11 is 0. The summed E-state index contributed by atoms with van der Waals surface area (Å²) in [6.07, 6.45) is 2.22. The number of ether oxygens (including phenoxy) is 3. The minimum Gasteiger partial charge on any atom is -0.381 e. The van der Waals surface area contributed by atoms with Crippen LogP contribution in [0.3, 0.4) is 0 Å². The highest BCUT2D eigenvalue weighted by Gasteiger charge is 2.24. The third kappa shape index (κ3) is 6.36. The Morgan fingerprint density at radius 2 is 2.06 bits per heavy atom. The van der Waals surface area contributed by atoms with Crippen molar-refractivity contribution in [3.63, 3.8) is 0 Å². The van der Waals surface area contributed by atoms with Gasteiger partial charge in [-0.25, -0.2) is 0 Å². The summed E-state index contributed by atoms with van der Waals surface area (Å²) in [5.41, 5.74) is 0. The van der Waals surface area contributed by atoms with Crippen LogP contribution in [0.5, 0.6) is 0 Å². The number of hydrogen-bond donors (Lipinski definition) is 1. The molecule has 0 aromatic rings. The fourth-order valence-electron chi connectivity index (χ4n) is 2.07. The molecule has 2 unspecified atom stereocenters. The summed E-state index contributed by atoms with van der Waals surface area (Å²) in [5, 5.41) is 3.48. The lowest BCUT2D eigenvalue weighted by Crippen LogP contribution is -2.40. The van der Waals surface area contributed by atoms with Crippen molar-refractivity contribution >= 4 is 0 Å². The third-order valence-corrected chi connectivity index (χ3v) is 3.02. The van der Waals surface area contributed by atoms with Crippen LogP contribution < -0.4 is 5.32 Å². The van der Waals surface area contributed by atoms with Crippen LogP contribution in [0, 0.1) is 5.92 Å². The minimum absolute atomic E-state index is 0.425. The first-order chi connectivity index (χ1) is 8.38. The highest BCUT2D eigenvalue weighted by Crippen LogP contribution is 2.16.